The van der Waals surface area contributed by atoms with Gasteiger partial charge >= 0.3 is 5.69 Å². The number of aromatic nitrogens is 2. The molecule has 2 aromatic rings. The number of aromatic amines is 1. The molecule has 4 nitrogen and oxygen atoms in total. The second kappa shape index (κ2) is 5.50. The summed E-state index contributed by atoms with van der Waals surface area (Å²) < 4.78 is 2.11. The topological polar surface area (TPSA) is 54.9 Å². The highest BCUT2D eigenvalue weighted by Crippen LogP contribution is 2.15. The minimum atomic E-state index is -0.521. The van der Waals surface area contributed by atoms with Crippen molar-refractivity contribution >= 4 is 34.2 Å². The Kier molecular flexibility index (Phi) is 4.15. The summed E-state index contributed by atoms with van der Waals surface area (Å²) in [5, 5.41) is 0.121. The van der Waals surface area contributed by atoms with Crippen LogP contribution in [-0.4, -0.2) is 9.55 Å². The molecule has 0 aliphatic rings. The van der Waals surface area contributed by atoms with E-state index in [2.05, 4.69) is 27.6 Å². The van der Waals surface area contributed by atoms with E-state index in [4.69, 9.17) is 11.6 Å². The first kappa shape index (κ1) is 14.3. The molecular weight excluding hydrogens is 379 g/mol. The molecule has 0 aliphatic heterocycles. The van der Waals surface area contributed by atoms with Crippen molar-refractivity contribution in [2.75, 3.05) is 0 Å². The van der Waals surface area contributed by atoms with Crippen molar-refractivity contribution in [2.24, 2.45) is 0 Å². The Bertz CT molecular complexity index is 749. The normalized spacial score (nSPS) is 10.7. The number of benzene rings is 1. The van der Waals surface area contributed by atoms with E-state index < -0.39 is 5.69 Å². The van der Waals surface area contributed by atoms with E-state index in [-0.39, 0.29) is 10.7 Å². The third-order valence-electron chi connectivity index (χ3n) is 2.91. The average molecular weight is 391 g/mol. The number of rotatable bonds is 2. The fourth-order valence-electron chi connectivity index (χ4n) is 1.81. The van der Waals surface area contributed by atoms with Gasteiger partial charge in [-0.15, -0.1) is 0 Å². The van der Waals surface area contributed by atoms with Crippen LogP contribution in [0.15, 0.2) is 27.8 Å². The third-order valence-corrected chi connectivity index (χ3v) is 4.40. The average Bonchev–Trinajstić information content (AvgIpc) is 2.33. The second-order valence-corrected chi connectivity index (χ2v) is 5.69. The van der Waals surface area contributed by atoms with Gasteiger partial charge in [0.25, 0.3) is 5.56 Å². The summed E-state index contributed by atoms with van der Waals surface area (Å²) in [7, 11) is 0. The highest BCUT2D eigenvalue weighted by molar-refractivity contribution is 14.1. The number of hydrogen-bond acceptors (Lipinski definition) is 2. The molecule has 6 heteroatoms. The predicted molar refractivity (Wildman–Crippen MR) is 84.5 cm³/mol. The molecule has 0 unspecified atom stereocenters. The predicted octanol–water partition coefficient (Wildman–Crippen LogP) is 2.65. The molecule has 0 spiro atoms. The summed E-state index contributed by atoms with van der Waals surface area (Å²) in [5.41, 5.74) is 1.17. The van der Waals surface area contributed by atoms with Crippen LogP contribution in [0.1, 0.15) is 18.1 Å². The van der Waals surface area contributed by atoms with Gasteiger partial charge in [0.15, 0.2) is 0 Å². The van der Waals surface area contributed by atoms with Crippen molar-refractivity contribution in [1.82, 2.24) is 9.55 Å². The molecule has 0 amide bonds. The van der Waals surface area contributed by atoms with Gasteiger partial charge in [-0.25, -0.2) is 9.36 Å². The molecule has 1 aromatic heterocycles. The number of halogens is 2. The molecule has 0 atom stereocenters. The zero-order chi connectivity index (χ0) is 14.2. The molecular formula is C13H12ClIN2O2. The molecule has 19 heavy (non-hydrogen) atoms. The van der Waals surface area contributed by atoms with Crippen molar-refractivity contribution in [2.45, 2.75) is 20.3 Å². The highest BCUT2D eigenvalue weighted by atomic mass is 127. The van der Waals surface area contributed by atoms with E-state index in [1.165, 1.54) is 0 Å². The Morgan fingerprint density at radius 1 is 1.37 bits per heavy atom. The van der Waals surface area contributed by atoms with Gasteiger partial charge < -0.3 is 0 Å². The van der Waals surface area contributed by atoms with E-state index in [1.54, 1.807) is 12.1 Å². The van der Waals surface area contributed by atoms with E-state index >= 15 is 0 Å². The molecule has 0 aliphatic carbocycles. The minimum absolute atomic E-state index is 0.121. The summed E-state index contributed by atoms with van der Waals surface area (Å²) in [5.74, 6) is 0. The quantitative estimate of drug-likeness (QED) is 0.633. The minimum Gasteiger partial charge on any atom is -0.297 e. The summed E-state index contributed by atoms with van der Waals surface area (Å²) >= 11 is 8.05. The highest BCUT2D eigenvalue weighted by Gasteiger charge is 2.13. The Balaban J connectivity index is 2.79. The van der Waals surface area contributed by atoms with Gasteiger partial charge in [0.1, 0.15) is 5.15 Å². The van der Waals surface area contributed by atoms with Crippen LogP contribution in [0.25, 0.3) is 5.69 Å². The lowest BCUT2D eigenvalue weighted by Crippen LogP contribution is -2.36. The molecule has 1 aromatic carbocycles. The Morgan fingerprint density at radius 2 is 2.05 bits per heavy atom. The molecule has 0 saturated carbocycles. The fraction of sp³-hybridized carbons (Fsp3) is 0.231. The summed E-state index contributed by atoms with van der Waals surface area (Å²) in [6.45, 7) is 3.79. The molecule has 1 heterocycles. The molecule has 0 saturated heterocycles. The third kappa shape index (κ3) is 2.62. The number of H-pyrrole nitrogens is 1. The molecule has 0 fully saturated rings. The number of hydrogen-bond donors (Lipinski definition) is 1. The number of nitrogens with zero attached hydrogens (tertiary/aromatic N) is 1. The van der Waals surface area contributed by atoms with Crippen molar-refractivity contribution in [3.8, 4) is 5.69 Å². The zero-order valence-electron chi connectivity index (χ0n) is 10.5. The van der Waals surface area contributed by atoms with Crippen LogP contribution in [0.5, 0.6) is 0 Å². The second-order valence-electron chi connectivity index (χ2n) is 4.15. The van der Waals surface area contributed by atoms with E-state index in [0.717, 1.165) is 13.7 Å². The van der Waals surface area contributed by atoms with Gasteiger partial charge in [0, 0.05) is 3.57 Å². The standard InChI is InChI=1S/C13H12ClIN2O2/c1-3-9-11(14)16-13(19)17(12(9)18)8-5-4-7(2)10(15)6-8/h4-6H,3H2,1-2H3,(H,16,19). The van der Waals surface area contributed by atoms with Crippen LogP contribution < -0.4 is 11.2 Å². The zero-order valence-corrected chi connectivity index (χ0v) is 13.4. The van der Waals surface area contributed by atoms with Crippen molar-refractivity contribution in [3.05, 3.63) is 58.9 Å². The van der Waals surface area contributed by atoms with E-state index in [1.807, 2.05) is 19.9 Å². The Morgan fingerprint density at radius 3 is 2.63 bits per heavy atom. The molecule has 1 N–H and O–H groups in total. The van der Waals surface area contributed by atoms with Gasteiger partial charge in [-0.1, -0.05) is 24.6 Å². The van der Waals surface area contributed by atoms with Gasteiger partial charge in [-0.3, -0.25) is 9.78 Å². The van der Waals surface area contributed by atoms with Crippen LogP contribution in [0, 0.1) is 10.5 Å². The fourth-order valence-corrected chi connectivity index (χ4v) is 2.60. The Hall–Kier alpha value is -1.08. The monoisotopic (exact) mass is 390 g/mol. The SMILES string of the molecule is CCc1c(Cl)[nH]c(=O)n(-c2ccc(C)c(I)c2)c1=O. The lowest BCUT2D eigenvalue weighted by Gasteiger charge is -2.09. The largest absolute Gasteiger partial charge is 0.334 e. The molecule has 0 radical (unpaired) electrons. The number of nitrogens with one attached hydrogen (secondary N) is 1. The maximum Gasteiger partial charge on any atom is 0.334 e. The summed E-state index contributed by atoms with van der Waals surface area (Å²) in [4.78, 5) is 26.7. The lowest BCUT2D eigenvalue weighted by molar-refractivity contribution is 0.841. The van der Waals surface area contributed by atoms with E-state index in [9.17, 15) is 9.59 Å². The lowest BCUT2D eigenvalue weighted by atomic mass is 10.2. The van der Waals surface area contributed by atoms with Crippen LogP contribution in [0.4, 0.5) is 0 Å². The first-order chi connectivity index (χ1) is 8.95. The van der Waals surface area contributed by atoms with Crippen LogP contribution in [0.3, 0.4) is 0 Å². The van der Waals surface area contributed by atoms with Crippen molar-refractivity contribution < 1.29 is 0 Å². The van der Waals surface area contributed by atoms with Gasteiger partial charge in [0.2, 0.25) is 0 Å². The molecule has 2 rings (SSSR count). The maximum absolute atomic E-state index is 12.3. The Labute approximate surface area is 128 Å². The van der Waals surface area contributed by atoms with Gasteiger partial charge in [-0.2, -0.15) is 0 Å². The first-order valence-corrected chi connectivity index (χ1v) is 7.21. The van der Waals surface area contributed by atoms with Crippen molar-refractivity contribution in [1.29, 1.82) is 0 Å². The smallest absolute Gasteiger partial charge is 0.297 e. The van der Waals surface area contributed by atoms with E-state index in [0.29, 0.717) is 17.7 Å². The summed E-state index contributed by atoms with van der Waals surface area (Å²) in [6.07, 6.45) is 0.470. The molecule has 0 bridgehead atoms. The van der Waals surface area contributed by atoms with Gasteiger partial charge in [-0.05, 0) is 53.6 Å². The van der Waals surface area contributed by atoms with Gasteiger partial charge in [0.05, 0.1) is 11.3 Å². The van der Waals surface area contributed by atoms with Crippen LogP contribution in [0.2, 0.25) is 5.15 Å². The van der Waals surface area contributed by atoms with Crippen LogP contribution >= 0.6 is 34.2 Å². The first-order valence-electron chi connectivity index (χ1n) is 5.76. The molecule has 100 valence electrons. The number of aryl methyl sites for hydroxylation is 1. The van der Waals surface area contributed by atoms with Crippen LogP contribution in [-0.2, 0) is 6.42 Å². The summed E-state index contributed by atoms with van der Waals surface area (Å²) in [6, 6.07) is 5.44. The van der Waals surface area contributed by atoms with Crippen molar-refractivity contribution in [3.63, 3.8) is 0 Å². The maximum atomic E-state index is 12.3.